The van der Waals surface area contributed by atoms with Crippen LogP contribution in [0.1, 0.15) is 34.8 Å². The maximum Gasteiger partial charge on any atom is 0.142 e. The summed E-state index contributed by atoms with van der Waals surface area (Å²) in [6.07, 6.45) is 2.19. The largest absolute Gasteiger partial charge is 0.484 e. The predicted octanol–water partition coefficient (Wildman–Crippen LogP) is 3.78. The van der Waals surface area contributed by atoms with Gasteiger partial charge in [0.1, 0.15) is 17.9 Å². The molecule has 1 aliphatic heterocycles. The number of hydrogen-bond donors (Lipinski definition) is 1. The van der Waals surface area contributed by atoms with Crippen molar-refractivity contribution in [1.29, 1.82) is 5.26 Å². The molecule has 0 saturated carbocycles. The average molecular weight is 313 g/mol. The van der Waals surface area contributed by atoms with E-state index in [9.17, 15) is 5.26 Å². The summed E-state index contributed by atoms with van der Waals surface area (Å²) in [5, 5.41) is 10.0. The molecule has 1 atom stereocenters. The topological polar surface area (TPSA) is 59.0 Å². The molecule has 0 amide bonds. The van der Waals surface area contributed by atoms with E-state index in [2.05, 4.69) is 18.2 Å². The summed E-state index contributed by atoms with van der Waals surface area (Å²) in [6, 6.07) is 13.9. The van der Waals surface area contributed by atoms with Crippen LogP contribution in [-0.2, 0) is 12.8 Å². The van der Waals surface area contributed by atoms with Crippen LogP contribution in [0.25, 0.3) is 0 Å². The molecular formula is C18H17ClN2O. The van der Waals surface area contributed by atoms with E-state index in [1.807, 2.05) is 12.1 Å². The Hall–Kier alpha value is -2.02. The molecule has 2 aromatic rings. The standard InChI is InChI=1S/C18H17ClN2O/c19-16-8-6-13(11-21)18-15(16)7-5-12-3-1-2-4-14(12)17(22-18)9-10-20/h1-4,6,8,17H,5,7,9-10,20H2. The van der Waals surface area contributed by atoms with E-state index in [0.717, 1.165) is 24.0 Å². The number of ether oxygens (including phenoxy) is 1. The zero-order valence-electron chi connectivity index (χ0n) is 12.2. The maximum atomic E-state index is 9.36. The zero-order chi connectivity index (χ0) is 15.5. The van der Waals surface area contributed by atoms with E-state index >= 15 is 0 Å². The molecule has 0 fully saturated rings. The summed E-state index contributed by atoms with van der Waals surface area (Å²) in [7, 11) is 0. The SMILES string of the molecule is N#Cc1ccc(Cl)c2c1OC(CCN)c1ccccc1CC2. The van der Waals surface area contributed by atoms with Gasteiger partial charge in [0.15, 0.2) is 0 Å². The molecule has 0 saturated heterocycles. The highest BCUT2D eigenvalue weighted by molar-refractivity contribution is 6.31. The van der Waals surface area contributed by atoms with Crippen LogP contribution in [0.15, 0.2) is 36.4 Å². The summed E-state index contributed by atoms with van der Waals surface area (Å²) in [6.45, 7) is 0.525. The van der Waals surface area contributed by atoms with Gasteiger partial charge in [0, 0.05) is 17.0 Å². The summed E-state index contributed by atoms with van der Waals surface area (Å²) in [4.78, 5) is 0. The van der Waals surface area contributed by atoms with E-state index in [-0.39, 0.29) is 6.10 Å². The molecule has 3 nitrogen and oxygen atoms in total. The van der Waals surface area contributed by atoms with Crippen LogP contribution in [-0.4, -0.2) is 6.54 Å². The lowest BCUT2D eigenvalue weighted by Gasteiger charge is -2.27. The van der Waals surface area contributed by atoms with Crippen LogP contribution < -0.4 is 10.5 Å². The monoisotopic (exact) mass is 312 g/mol. The molecule has 4 heteroatoms. The Morgan fingerprint density at radius 1 is 1.23 bits per heavy atom. The van der Waals surface area contributed by atoms with Gasteiger partial charge in [0.2, 0.25) is 0 Å². The first-order valence-corrected chi connectivity index (χ1v) is 7.78. The molecule has 0 aromatic heterocycles. The molecule has 0 radical (unpaired) electrons. The molecule has 1 heterocycles. The van der Waals surface area contributed by atoms with Gasteiger partial charge in [0.05, 0.1) is 5.56 Å². The van der Waals surface area contributed by atoms with Gasteiger partial charge in [-0.1, -0.05) is 35.9 Å². The smallest absolute Gasteiger partial charge is 0.142 e. The first-order chi connectivity index (χ1) is 10.7. The van der Waals surface area contributed by atoms with Gasteiger partial charge in [-0.3, -0.25) is 0 Å². The fraction of sp³-hybridized carbons (Fsp3) is 0.278. The van der Waals surface area contributed by atoms with E-state index < -0.39 is 0 Å². The molecule has 1 aliphatic rings. The molecule has 0 aliphatic carbocycles. The lowest BCUT2D eigenvalue weighted by molar-refractivity contribution is 0.192. The van der Waals surface area contributed by atoms with Crippen molar-refractivity contribution in [3.63, 3.8) is 0 Å². The van der Waals surface area contributed by atoms with Crippen molar-refractivity contribution < 1.29 is 4.74 Å². The van der Waals surface area contributed by atoms with Crippen molar-refractivity contribution in [1.82, 2.24) is 0 Å². The van der Waals surface area contributed by atoms with Crippen molar-refractivity contribution in [2.24, 2.45) is 5.73 Å². The summed E-state index contributed by atoms with van der Waals surface area (Å²) in [5.74, 6) is 0.614. The lowest BCUT2D eigenvalue weighted by atomic mass is 9.92. The molecule has 2 N–H and O–H groups in total. The third kappa shape index (κ3) is 2.68. The molecule has 2 aromatic carbocycles. The van der Waals surface area contributed by atoms with E-state index in [0.29, 0.717) is 29.3 Å². The van der Waals surface area contributed by atoms with Crippen LogP contribution in [0.4, 0.5) is 0 Å². The molecule has 22 heavy (non-hydrogen) atoms. The number of nitrogens with two attached hydrogens (primary N) is 1. The molecular weight excluding hydrogens is 296 g/mol. The van der Waals surface area contributed by atoms with Crippen molar-refractivity contribution in [3.8, 4) is 11.8 Å². The summed E-state index contributed by atoms with van der Waals surface area (Å²) < 4.78 is 6.22. The highest BCUT2D eigenvalue weighted by Gasteiger charge is 2.24. The van der Waals surface area contributed by atoms with Gasteiger partial charge >= 0.3 is 0 Å². The second-order valence-corrected chi connectivity index (χ2v) is 5.80. The van der Waals surface area contributed by atoms with Crippen LogP contribution in [0.3, 0.4) is 0 Å². The van der Waals surface area contributed by atoms with Gasteiger partial charge in [0.25, 0.3) is 0 Å². The molecule has 0 bridgehead atoms. The van der Waals surface area contributed by atoms with Crippen LogP contribution in [0.5, 0.6) is 5.75 Å². The Balaban J connectivity index is 2.12. The minimum Gasteiger partial charge on any atom is -0.484 e. The van der Waals surface area contributed by atoms with Crippen molar-refractivity contribution in [2.45, 2.75) is 25.4 Å². The number of nitriles is 1. The first kappa shape index (κ1) is 14.9. The third-order valence-electron chi connectivity index (χ3n) is 4.06. The van der Waals surface area contributed by atoms with Crippen molar-refractivity contribution in [2.75, 3.05) is 6.54 Å². The highest BCUT2D eigenvalue weighted by Crippen LogP contribution is 2.38. The second kappa shape index (κ2) is 6.39. The van der Waals surface area contributed by atoms with E-state index in [4.69, 9.17) is 22.1 Å². The van der Waals surface area contributed by atoms with Crippen LogP contribution >= 0.6 is 11.6 Å². The van der Waals surface area contributed by atoms with Gasteiger partial charge in [-0.2, -0.15) is 5.26 Å². The Kier molecular flexibility index (Phi) is 4.33. The Morgan fingerprint density at radius 2 is 2.05 bits per heavy atom. The van der Waals surface area contributed by atoms with Gasteiger partial charge in [-0.05, 0) is 42.6 Å². The average Bonchev–Trinajstić information content (AvgIpc) is 2.52. The lowest BCUT2D eigenvalue weighted by Crippen LogP contribution is -2.18. The number of hydrogen-bond acceptors (Lipinski definition) is 3. The van der Waals surface area contributed by atoms with Crippen molar-refractivity contribution in [3.05, 3.63) is 63.7 Å². The van der Waals surface area contributed by atoms with E-state index in [1.165, 1.54) is 5.56 Å². The highest BCUT2D eigenvalue weighted by atomic mass is 35.5. The molecule has 0 spiro atoms. The maximum absolute atomic E-state index is 9.36. The predicted molar refractivity (Wildman–Crippen MR) is 87.1 cm³/mol. The summed E-state index contributed by atoms with van der Waals surface area (Å²) in [5.41, 5.74) is 9.61. The minimum atomic E-state index is -0.147. The number of nitrogens with zero attached hydrogens (tertiary/aromatic N) is 1. The number of benzene rings is 2. The normalized spacial score (nSPS) is 16.5. The number of halogens is 1. The fourth-order valence-corrected chi connectivity index (χ4v) is 3.21. The first-order valence-electron chi connectivity index (χ1n) is 7.40. The third-order valence-corrected chi connectivity index (χ3v) is 4.41. The van der Waals surface area contributed by atoms with Crippen LogP contribution in [0, 0.1) is 11.3 Å². The number of rotatable bonds is 2. The summed E-state index contributed by atoms with van der Waals surface area (Å²) >= 11 is 6.33. The zero-order valence-corrected chi connectivity index (χ0v) is 12.9. The Morgan fingerprint density at radius 3 is 2.82 bits per heavy atom. The Labute approximate surface area is 135 Å². The molecule has 112 valence electrons. The van der Waals surface area contributed by atoms with E-state index in [1.54, 1.807) is 12.1 Å². The fourth-order valence-electron chi connectivity index (χ4n) is 2.97. The van der Waals surface area contributed by atoms with Gasteiger partial charge < -0.3 is 10.5 Å². The van der Waals surface area contributed by atoms with Crippen molar-refractivity contribution >= 4 is 11.6 Å². The van der Waals surface area contributed by atoms with Gasteiger partial charge in [-0.15, -0.1) is 0 Å². The number of fused-ring (bicyclic) bond motifs is 2. The second-order valence-electron chi connectivity index (χ2n) is 5.40. The quantitative estimate of drug-likeness (QED) is 0.918. The van der Waals surface area contributed by atoms with Crippen LogP contribution in [0.2, 0.25) is 5.02 Å². The molecule has 3 rings (SSSR count). The van der Waals surface area contributed by atoms with Gasteiger partial charge in [-0.25, -0.2) is 0 Å². The number of aryl methyl sites for hydroxylation is 1. The Bertz CT molecular complexity index is 736. The molecule has 1 unspecified atom stereocenters. The minimum absolute atomic E-state index is 0.147.